The molecule has 0 N–H and O–H groups in total. The van der Waals surface area contributed by atoms with E-state index in [1.807, 2.05) is 70.2 Å². The topological polar surface area (TPSA) is 64.7 Å². The number of pyridine rings is 2. The summed E-state index contributed by atoms with van der Waals surface area (Å²) in [6.07, 6.45) is 7.02. The first-order valence-electron chi connectivity index (χ1n) is 9.21. The zero-order valence-electron chi connectivity index (χ0n) is 15.2. The van der Waals surface area contributed by atoms with Gasteiger partial charge in [-0.15, -0.1) is 0 Å². The van der Waals surface area contributed by atoms with Crippen LogP contribution in [-0.4, -0.2) is 42.4 Å². The lowest BCUT2D eigenvalue weighted by molar-refractivity contribution is 0.0639. The fraction of sp³-hybridized carbons (Fsp3) is 0.190. The van der Waals surface area contributed by atoms with Gasteiger partial charge in [0.15, 0.2) is 0 Å². The summed E-state index contributed by atoms with van der Waals surface area (Å²) in [6, 6.07) is 15.3. The predicted octanol–water partition coefficient (Wildman–Crippen LogP) is 2.63. The second-order valence-electron chi connectivity index (χ2n) is 6.82. The van der Waals surface area contributed by atoms with Crippen molar-refractivity contribution in [3.05, 3.63) is 84.7 Å². The van der Waals surface area contributed by atoms with Crippen molar-refractivity contribution in [1.29, 1.82) is 0 Å². The number of nitrogens with zero attached hydrogens (tertiary/aromatic N) is 5. The lowest BCUT2D eigenvalue weighted by atomic mass is 10.3. The molecule has 0 saturated carbocycles. The third kappa shape index (κ3) is 3.00. The van der Waals surface area contributed by atoms with E-state index >= 15 is 0 Å². The minimum atomic E-state index is -0.202. The van der Waals surface area contributed by atoms with Crippen LogP contribution in [0.5, 0.6) is 5.88 Å². The summed E-state index contributed by atoms with van der Waals surface area (Å²) in [7, 11) is 0. The summed E-state index contributed by atoms with van der Waals surface area (Å²) in [4.78, 5) is 23.8. The molecule has 1 amide bonds. The number of hydrogen-bond acceptors (Lipinski definition) is 4. The van der Waals surface area contributed by atoms with Gasteiger partial charge in [0.2, 0.25) is 5.88 Å². The lowest BCUT2D eigenvalue weighted by Crippen LogP contribution is -2.39. The van der Waals surface area contributed by atoms with Gasteiger partial charge in [0.05, 0.1) is 25.8 Å². The van der Waals surface area contributed by atoms with E-state index in [1.54, 1.807) is 12.4 Å². The van der Waals surface area contributed by atoms with Gasteiger partial charge in [0, 0.05) is 30.4 Å². The van der Waals surface area contributed by atoms with Crippen LogP contribution >= 0.6 is 0 Å². The summed E-state index contributed by atoms with van der Waals surface area (Å²) < 4.78 is 10.1. The van der Waals surface area contributed by atoms with Gasteiger partial charge in [-0.05, 0) is 30.3 Å². The van der Waals surface area contributed by atoms with E-state index in [1.165, 1.54) is 0 Å². The Labute approximate surface area is 161 Å². The Morgan fingerprint density at radius 1 is 1.00 bits per heavy atom. The molecule has 7 nitrogen and oxygen atoms in total. The molecule has 0 saturated heterocycles. The van der Waals surface area contributed by atoms with E-state index in [0.29, 0.717) is 31.2 Å². The van der Waals surface area contributed by atoms with Gasteiger partial charge in [-0.2, -0.15) is 0 Å². The molecular formula is C21H19N5O2. The van der Waals surface area contributed by atoms with Crippen LogP contribution in [0.2, 0.25) is 0 Å². The van der Waals surface area contributed by atoms with Gasteiger partial charge in [-0.1, -0.05) is 12.1 Å². The Morgan fingerprint density at radius 3 is 2.82 bits per heavy atom. The van der Waals surface area contributed by atoms with Crippen LogP contribution in [0.25, 0.3) is 5.65 Å². The standard InChI is InChI=1S/C21H19N5O2/c27-21(18-12-23-19-7-2-4-11-26(18)19)25-13-16-6-5-10-24(16)14-17(15-25)28-20-8-1-3-9-22-20/h1-12,17H,13-15H2/t17-/m0/s1. The zero-order valence-corrected chi connectivity index (χ0v) is 15.2. The highest BCUT2D eigenvalue weighted by atomic mass is 16.5. The number of amides is 1. The van der Waals surface area contributed by atoms with Gasteiger partial charge in [0.25, 0.3) is 5.91 Å². The van der Waals surface area contributed by atoms with Gasteiger partial charge < -0.3 is 14.2 Å². The molecule has 28 heavy (non-hydrogen) atoms. The Morgan fingerprint density at radius 2 is 1.93 bits per heavy atom. The summed E-state index contributed by atoms with van der Waals surface area (Å²) in [5.74, 6) is 0.494. The Hall–Kier alpha value is -3.61. The van der Waals surface area contributed by atoms with Crippen LogP contribution < -0.4 is 4.74 Å². The van der Waals surface area contributed by atoms with Gasteiger partial charge >= 0.3 is 0 Å². The SMILES string of the molecule is O=C(c1cnc2ccccn12)N1Cc2cccn2C[C@H](Oc2ccccn2)C1. The number of carbonyl (C=O) groups is 1. The van der Waals surface area contributed by atoms with Crippen LogP contribution in [0.4, 0.5) is 0 Å². The maximum absolute atomic E-state index is 13.3. The molecule has 0 spiro atoms. The molecule has 4 aromatic rings. The van der Waals surface area contributed by atoms with Gasteiger partial charge in [-0.3, -0.25) is 9.20 Å². The highest BCUT2D eigenvalue weighted by Crippen LogP contribution is 2.19. The Kier molecular flexibility index (Phi) is 4.05. The largest absolute Gasteiger partial charge is 0.471 e. The molecule has 0 aliphatic carbocycles. The van der Waals surface area contributed by atoms with Crippen LogP contribution in [0.1, 0.15) is 16.2 Å². The highest BCUT2D eigenvalue weighted by Gasteiger charge is 2.28. The number of rotatable bonds is 3. The average molecular weight is 373 g/mol. The molecular weight excluding hydrogens is 354 g/mol. The average Bonchev–Trinajstić information content (AvgIpc) is 3.31. The molecule has 4 aromatic heterocycles. The first kappa shape index (κ1) is 16.6. The molecule has 1 aliphatic rings. The zero-order chi connectivity index (χ0) is 18.9. The summed E-state index contributed by atoms with van der Waals surface area (Å²) in [5, 5.41) is 0. The smallest absolute Gasteiger partial charge is 0.272 e. The van der Waals surface area contributed by atoms with Crippen molar-refractivity contribution in [1.82, 2.24) is 23.8 Å². The fourth-order valence-corrected chi connectivity index (χ4v) is 3.62. The van der Waals surface area contributed by atoms with Crippen LogP contribution in [-0.2, 0) is 13.1 Å². The van der Waals surface area contributed by atoms with E-state index in [-0.39, 0.29) is 12.0 Å². The maximum Gasteiger partial charge on any atom is 0.272 e. The minimum absolute atomic E-state index is 0.0667. The summed E-state index contributed by atoms with van der Waals surface area (Å²) >= 11 is 0. The van der Waals surface area contributed by atoms with Crippen molar-refractivity contribution in [2.24, 2.45) is 0 Å². The van der Waals surface area contributed by atoms with Crippen LogP contribution in [0, 0.1) is 0 Å². The molecule has 0 bridgehead atoms. The summed E-state index contributed by atoms with van der Waals surface area (Å²) in [6.45, 7) is 1.65. The first-order chi connectivity index (χ1) is 13.8. The molecule has 0 radical (unpaired) electrons. The van der Waals surface area contributed by atoms with E-state index < -0.39 is 0 Å². The molecule has 0 fully saturated rings. The molecule has 0 unspecified atom stereocenters. The lowest BCUT2D eigenvalue weighted by Gasteiger charge is -2.24. The van der Waals surface area contributed by atoms with Crippen LogP contribution in [0.15, 0.2) is 73.3 Å². The maximum atomic E-state index is 13.3. The van der Waals surface area contributed by atoms with Gasteiger partial charge in [0.1, 0.15) is 17.4 Å². The summed E-state index contributed by atoms with van der Waals surface area (Å²) in [5.41, 5.74) is 2.38. The first-order valence-corrected chi connectivity index (χ1v) is 9.21. The van der Waals surface area contributed by atoms with Crippen molar-refractivity contribution < 1.29 is 9.53 Å². The molecule has 140 valence electrons. The highest BCUT2D eigenvalue weighted by molar-refractivity contribution is 5.93. The molecule has 5 heterocycles. The van der Waals surface area contributed by atoms with Gasteiger partial charge in [-0.25, -0.2) is 9.97 Å². The second-order valence-corrected chi connectivity index (χ2v) is 6.82. The third-order valence-electron chi connectivity index (χ3n) is 4.95. The van der Waals surface area contributed by atoms with Crippen molar-refractivity contribution in [2.75, 3.05) is 6.54 Å². The van der Waals surface area contributed by atoms with Crippen molar-refractivity contribution in [3.63, 3.8) is 0 Å². The van der Waals surface area contributed by atoms with E-state index in [9.17, 15) is 4.79 Å². The molecule has 5 rings (SSSR count). The van der Waals surface area contributed by atoms with E-state index in [0.717, 1.165) is 11.3 Å². The van der Waals surface area contributed by atoms with E-state index in [2.05, 4.69) is 14.5 Å². The monoisotopic (exact) mass is 373 g/mol. The number of fused-ring (bicyclic) bond motifs is 2. The van der Waals surface area contributed by atoms with E-state index in [4.69, 9.17) is 4.74 Å². The number of ether oxygens (including phenoxy) is 1. The van der Waals surface area contributed by atoms with Crippen molar-refractivity contribution in [3.8, 4) is 5.88 Å². The number of aromatic nitrogens is 4. The fourth-order valence-electron chi connectivity index (χ4n) is 3.62. The number of hydrogen-bond donors (Lipinski definition) is 0. The third-order valence-corrected chi connectivity index (χ3v) is 4.95. The normalized spacial score (nSPS) is 16.6. The second kappa shape index (κ2) is 6.84. The molecule has 0 aromatic carbocycles. The minimum Gasteiger partial charge on any atom is -0.471 e. The predicted molar refractivity (Wildman–Crippen MR) is 103 cm³/mol. The quantitative estimate of drug-likeness (QED) is 0.554. The molecule has 1 atom stereocenters. The van der Waals surface area contributed by atoms with Crippen molar-refractivity contribution >= 4 is 11.6 Å². The van der Waals surface area contributed by atoms with Crippen LogP contribution in [0.3, 0.4) is 0 Å². The Bertz CT molecular complexity index is 1120. The number of imidazole rings is 1. The molecule has 1 aliphatic heterocycles. The van der Waals surface area contributed by atoms with Crippen molar-refractivity contribution in [2.45, 2.75) is 19.2 Å². The Balaban J connectivity index is 1.47. The molecule has 7 heteroatoms. The number of carbonyl (C=O) groups excluding carboxylic acids is 1.